The number of fused-ring (bicyclic) bond motifs is 1. The summed E-state index contributed by atoms with van der Waals surface area (Å²) in [5.41, 5.74) is -3.61. The molecule has 1 aromatic heterocycles. The Balaban J connectivity index is 1.64. The van der Waals surface area contributed by atoms with Crippen LogP contribution in [0.15, 0.2) is 58.5 Å². The van der Waals surface area contributed by atoms with Gasteiger partial charge in [0, 0.05) is 12.2 Å². The normalized spacial score (nSPS) is 15.9. The van der Waals surface area contributed by atoms with Gasteiger partial charge >= 0.3 is 18.8 Å². The van der Waals surface area contributed by atoms with Gasteiger partial charge in [-0.25, -0.2) is 35.4 Å². The number of carbonyl (C=O) groups excluding carboxylic acids is 1. The molecule has 1 aliphatic heterocycles. The van der Waals surface area contributed by atoms with Gasteiger partial charge in [0.15, 0.2) is 0 Å². The van der Waals surface area contributed by atoms with Gasteiger partial charge in [-0.15, -0.1) is 0 Å². The highest BCUT2D eigenvalue weighted by Crippen LogP contribution is 2.39. The molecule has 2 heterocycles. The summed E-state index contributed by atoms with van der Waals surface area (Å²) in [7, 11) is -8.95. The van der Waals surface area contributed by atoms with Crippen molar-refractivity contribution in [2.24, 2.45) is 0 Å². The molecule has 12 nitrogen and oxygen atoms in total. The van der Waals surface area contributed by atoms with Crippen molar-refractivity contribution in [3.63, 3.8) is 0 Å². The van der Waals surface area contributed by atoms with Crippen LogP contribution in [0.3, 0.4) is 0 Å². The summed E-state index contributed by atoms with van der Waals surface area (Å²) < 4.78 is 146. The first-order valence-corrected chi connectivity index (χ1v) is 15.6. The highest BCUT2D eigenvalue weighted by molar-refractivity contribution is 7.92. The number of anilines is 2. The minimum Gasteiger partial charge on any atom is -0.485 e. The standard InChI is InChI=1S/C25H25F6N5O7S2/c1-14-21(12-32-36(14)22(27)28)44(38,39)33-11-17-13-35(45(40,41)18-7-4-15(26)5-8-18)19-10-16(6-9-20(19)42-17)34-23(37)43-24(2,3)25(29,30)31/h4-10,12,17,22,33H,11,13H2,1-3H3,(H,34,37). The number of carbonyl (C=O) groups is 1. The highest BCUT2D eigenvalue weighted by Gasteiger charge is 2.51. The van der Waals surface area contributed by atoms with Crippen LogP contribution >= 0.6 is 0 Å². The topological polar surface area (TPSA) is 149 Å². The molecule has 3 aromatic rings. The Labute approximate surface area is 253 Å². The molecule has 1 amide bonds. The van der Waals surface area contributed by atoms with Crippen molar-refractivity contribution < 1.29 is 57.4 Å². The van der Waals surface area contributed by atoms with E-state index in [2.05, 4.69) is 19.9 Å². The molecule has 1 aliphatic rings. The number of rotatable bonds is 9. The van der Waals surface area contributed by atoms with Crippen LogP contribution in [0.5, 0.6) is 5.75 Å². The maximum atomic E-state index is 13.7. The van der Waals surface area contributed by atoms with Crippen molar-refractivity contribution in [1.82, 2.24) is 14.5 Å². The molecular formula is C25H25F6N5O7S2. The summed E-state index contributed by atoms with van der Waals surface area (Å²) >= 11 is 0. The molecule has 2 aromatic carbocycles. The predicted octanol–water partition coefficient (Wildman–Crippen LogP) is 4.55. The lowest BCUT2D eigenvalue weighted by Gasteiger charge is -2.36. The quantitative estimate of drug-likeness (QED) is 0.312. The van der Waals surface area contributed by atoms with Crippen LogP contribution in [-0.2, 0) is 24.8 Å². The predicted molar refractivity (Wildman–Crippen MR) is 145 cm³/mol. The van der Waals surface area contributed by atoms with Gasteiger partial charge in [-0.1, -0.05) is 0 Å². The Morgan fingerprint density at radius 1 is 1.11 bits per heavy atom. The summed E-state index contributed by atoms with van der Waals surface area (Å²) in [5, 5.41) is 5.45. The van der Waals surface area contributed by atoms with Crippen molar-refractivity contribution in [2.45, 2.75) is 55.0 Å². The van der Waals surface area contributed by atoms with Crippen LogP contribution in [0.1, 0.15) is 26.1 Å². The van der Waals surface area contributed by atoms with Gasteiger partial charge in [-0.05, 0) is 63.2 Å². The summed E-state index contributed by atoms with van der Waals surface area (Å²) in [5.74, 6) is -0.881. The van der Waals surface area contributed by atoms with Gasteiger partial charge < -0.3 is 9.47 Å². The number of hydrogen-bond donors (Lipinski definition) is 2. The van der Waals surface area contributed by atoms with Gasteiger partial charge in [0.2, 0.25) is 15.6 Å². The fourth-order valence-electron chi connectivity index (χ4n) is 4.04. The molecule has 246 valence electrons. The van der Waals surface area contributed by atoms with E-state index in [1.54, 1.807) is 0 Å². The van der Waals surface area contributed by atoms with E-state index < -0.39 is 74.4 Å². The molecule has 45 heavy (non-hydrogen) atoms. The average molecular weight is 686 g/mol. The summed E-state index contributed by atoms with van der Waals surface area (Å²) in [6.45, 7) is -1.84. The third-order valence-corrected chi connectivity index (χ3v) is 9.86. The smallest absolute Gasteiger partial charge is 0.427 e. The Hall–Kier alpha value is -4.04. The van der Waals surface area contributed by atoms with Crippen LogP contribution in [0.25, 0.3) is 0 Å². The fraction of sp³-hybridized carbons (Fsp3) is 0.360. The van der Waals surface area contributed by atoms with Crippen LogP contribution < -0.4 is 19.1 Å². The monoisotopic (exact) mass is 685 g/mol. The molecule has 0 aliphatic carbocycles. The molecule has 0 saturated heterocycles. The van der Waals surface area contributed by atoms with E-state index in [0.717, 1.165) is 53.8 Å². The van der Waals surface area contributed by atoms with E-state index >= 15 is 0 Å². The maximum Gasteiger partial charge on any atom is 0.427 e. The second-order valence-electron chi connectivity index (χ2n) is 10.1. The molecule has 0 bridgehead atoms. The third-order valence-electron chi connectivity index (χ3n) is 6.54. The number of sulfonamides is 2. The van der Waals surface area contributed by atoms with Gasteiger partial charge in [-0.3, -0.25) is 9.62 Å². The second kappa shape index (κ2) is 12.0. The van der Waals surface area contributed by atoms with Gasteiger partial charge in [0.25, 0.3) is 10.0 Å². The minimum absolute atomic E-state index is 0.146. The zero-order valence-corrected chi connectivity index (χ0v) is 25.1. The summed E-state index contributed by atoms with van der Waals surface area (Å²) in [6.07, 6.45) is -6.89. The van der Waals surface area contributed by atoms with E-state index in [-0.39, 0.29) is 32.4 Å². The molecule has 4 rings (SSSR count). The van der Waals surface area contributed by atoms with Crippen LogP contribution in [0.4, 0.5) is 42.5 Å². The minimum atomic E-state index is -4.90. The van der Waals surface area contributed by atoms with E-state index in [4.69, 9.17) is 4.74 Å². The van der Waals surface area contributed by atoms with Crippen molar-refractivity contribution in [3.05, 3.63) is 60.2 Å². The number of nitrogens with one attached hydrogen (secondary N) is 2. The average Bonchev–Trinajstić information content (AvgIpc) is 3.33. The molecule has 0 spiro atoms. The van der Waals surface area contributed by atoms with Gasteiger partial charge in [-0.2, -0.15) is 27.1 Å². The molecular weight excluding hydrogens is 660 g/mol. The maximum absolute atomic E-state index is 13.7. The Morgan fingerprint density at radius 3 is 2.33 bits per heavy atom. The molecule has 1 unspecified atom stereocenters. The number of aromatic nitrogens is 2. The molecule has 0 radical (unpaired) electrons. The number of nitrogens with zero attached hydrogens (tertiary/aromatic N) is 3. The van der Waals surface area contributed by atoms with E-state index in [1.807, 2.05) is 0 Å². The Morgan fingerprint density at radius 2 is 1.76 bits per heavy atom. The highest BCUT2D eigenvalue weighted by atomic mass is 32.2. The molecule has 0 saturated carbocycles. The fourth-order valence-corrected chi connectivity index (χ4v) is 6.77. The second-order valence-corrected chi connectivity index (χ2v) is 13.7. The van der Waals surface area contributed by atoms with E-state index in [1.165, 1.54) is 6.07 Å². The summed E-state index contributed by atoms with van der Waals surface area (Å²) in [6, 6.07) is 7.12. The number of amides is 1. The number of halogens is 6. The number of hydrogen-bond acceptors (Lipinski definition) is 8. The largest absolute Gasteiger partial charge is 0.485 e. The van der Waals surface area contributed by atoms with Crippen LogP contribution in [0.2, 0.25) is 0 Å². The Kier molecular flexibility index (Phi) is 9.06. The number of ether oxygens (including phenoxy) is 2. The zero-order chi connectivity index (χ0) is 33.5. The lowest BCUT2D eigenvalue weighted by molar-refractivity contribution is -0.242. The molecule has 0 fully saturated rings. The van der Waals surface area contributed by atoms with Crippen LogP contribution in [0, 0.1) is 12.7 Å². The third kappa shape index (κ3) is 7.12. The lowest BCUT2D eigenvalue weighted by Crippen LogP contribution is -2.48. The van der Waals surface area contributed by atoms with Gasteiger partial charge in [0.1, 0.15) is 22.6 Å². The van der Waals surface area contributed by atoms with Crippen molar-refractivity contribution in [1.29, 1.82) is 0 Å². The lowest BCUT2D eigenvalue weighted by atomic mass is 10.1. The SMILES string of the molecule is Cc1c(S(=O)(=O)NCC2CN(S(=O)(=O)c3ccc(F)cc3)c3cc(NC(=O)OC(C)(C)C(F)(F)F)ccc3O2)cnn1C(F)F. The Bertz CT molecular complexity index is 1800. The number of benzene rings is 2. The molecule has 20 heteroatoms. The number of alkyl halides is 5. The summed E-state index contributed by atoms with van der Waals surface area (Å²) in [4.78, 5) is 11.3. The molecule has 1 atom stereocenters. The van der Waals surface area contributed by atoms with Crippen LogP contribution in [-0.4, -0.2) is 63.7 Å². The van der Waals surface area contributed by atoms with Gasteiger partial charge in [0.05, 0.1) is 29.0 Å². The molecule has 2 N–H and O–H groups in total. The first kappa shape index (κ1) is 33.8. The van der Waals surface area contributed by atoms with Crippen molar-refractivity contribution in [2.75, 3.05) is 22.7 Å². The van der Waals surface area contributed by atoms with E-state index in [0.29, 0.717) is 13.8 Å². The zero-order valence-electron chi connectivity index (χ0n) is 23.5. The van der Waals surface area contributed by atoms with Crippen molar-refractivity contribution in [3.8, 4) is 5.75 Å². The van der Waals surface area contributed by atoms with E-state index in [9.17, 15) is 48.0 Å². The van der Waals surface area contributed by atoms with Crippen molar-refractivity contribution >= 4 is 37.5 Å². The first-order chi connectivity index (χ1) is 20.7. The first-order valence-electron chi connectivity index (χ1n) is 12.7.